The minimum absolute atomic E-state index is 0.0327. The molecule has 1 N–H and O–H groups in total. The van der Waals surface area contributed by atoms with Crippen molar-refractivity contribution in [3.05, 3.63) is 59.7 Å². The molecular weight excluding hydrogens is 454 g/mol. The van der Waals surface area contributed by atoms with Gasteiger partial charge in [0.2, 0.25) is 5.91 Å². The number of aldehydes is 1. The van der Waals surface area contributed by atoms with Crippen LogP contribution >= 0.6 is 0 Å². The molecule has 7 nitrogen and oxygen atoms in total. The quantitative estimate of drug-likeness (QED) is 0.585. The SMILES string of the molecule is O=C[C@H](Cc1ccccc1)NC(=O)[C@@H]1CCCCCCCCCCCC(=O)c2cncc(n2)C(=O)C1. The number of fused-ring (bicyclic) bond motifs is 2. The Bertz CT molecular complexity index is 1010. The van der Waals surface area contributed by atoms with Crippen molar-refractivity contribution >= 4 is 23.8 Å². The number of carbonyl (C=O) groups excluding carboxylic acids is 4. The summed E-state index contributed by atoms with van der Waals surface area (Å²) in [5.74, 6) is -1.30. The van der Waals surface area contributed by atoms with Crippen LogP contribution in [-0.4, -0.2) is 39.8 Å². The van der Waals surface area contributed by atoms with Gasteiger partial charge in [0.05, 0.1) is 18.4 Å². The fourth-order valence-electron chi connectivity index (χ4n) is 4.63. The largest absolute Gasteiger partial charge is 0.346 e. The summed E-state index contributed by atoms with van der Waals surface area (Å²) >= 11 is 0. The average molecular weight is 492 g/mol. The maximum Gasteiger partial charge on any atom is 0.224 e. The minimum Gasteiger partial charge on any atom is -0.346 e. The summed E-state index contributed by atoms with van der Waals surface area (Å²) in [6, 6.07) is 8.85. The lowest BCUT2D eigenvalue weighted by atomic mass is 9.92. The van der Waals surface area contributed by atoms with Gasteiger partial charge in [0.15, 0.2) is 11.6 Å². The second kappa shape index (κ2) is 15.0. The van der Waals surface area contributed by atoms with Crippen molar-refractivity contribution in [3.63, 3.8) is 0 Å². The Kier molecular flexibility index (Phi) is 11.4. The molecule has 0 radical (unpaired) electrons. The van der Waals surface area contributed by atoms with E-state index in [0.717, 1.165) is 63.2 Å². The Hall–Kier alpha value is -3.22. The number of aromatic nitrogens is 2. The highest BCUT2D eigenvalue weighted by molar-refractivity contribution is 5.99. The first-order valence-corrected chi connectivity index (χ1v) is 13.2. The van der Waals surface area contributed by atoms with Gasteiger partial charge in [-0.25, -0.2) is 4.98 Å². The number of nitrogens with one attached hydrogen (secondary N) is 1. The van der Waals surface area contributed by atoms with Crippen LogP contribution in [0.3, 0.4) is 0 Å². The number of hydrogen-bond donors (Lipinski definition) is 1. The van der Waals surface area contributed by atoms with E-state index in [4.69, 9.17) is 0 Å². The lowest BCUT2D eigenvalue weighted by Crippen LogP contribution is -2.41. The summed E-state index contributed by atoms with van der Waals surface area (Å²) in [6.07, 6.45) is 14.2. The molecule has 0 unspecified atom stereocenters. The summed E-state index contributed by atoms with van der Waals surface area (Å²) in [6.45, 7) is 0. The lowest BCUT2D eigenvalue weighted by molar-refractivity contribution is -0.127. The molecule has 0 spiro atoms. The van der Waals surface area contributed by atoms with E-state index in [9.17, 15) is 19.2 Å². The molecular formula is C29H37N3O4. The number of hydrogen-bond acceptors (Lipinski definition) is 6. The van der Waals surface area contributed by atoms with E-state index in [0.29, 0.717) is 19.3 Å². The molecule has 2 heterocycles. The van der Waals surface area contributed by atoms with Crippen molar-refractivity contribution in [2.24, 2.45) is 5.92 Å². The number of ketones is 2. The van der Waals surface area contributed by atoms with Crippen LogP contribution in [-0.2, 0) is 16.0 Å². The molecule has 1 aliphatic heterocycles. The van der Waals surface area contributed by atoms with Gasteiger partial charge < -0.3 is 10.1 Å². The van der Waals surface area contributed by atoms with Crippen molar-refractivity contribution in [1.82, 2.24) is 15.3 Å². The molecule has 2 atom stereocenters. The third-order valence-corrected chi connectivity index (χ3v) is 6.76. The standard InChI is InChI=1S/C29H37N3O4/c33-21-24(17-22-13-9-8-10-14-22)31-29(36)23-15-11-6-4-2-1-3-5-7-12-16-27(34)25-19-30-20-26(32-25)28(35)18-23/h8-10,13-14,19-21,23-24H,1-7,11-12,15-18H2,(H,31,36)/t23-,24+/m1/s1. The number of benzene rings is 1. The van der Waals surface area contributed by atoms with E-state index >= 15 is 0 Å². The molecule has 0 saturated heterocycles. The molecule has 1 aliphatic rings. The monoisotopic (exact) mass is 491 g/mol. The van der Waals surface area contributed by atoms with Crippen molar-refractivity contribution in [1.29, 1.82) is 0 Å². The van der Waals surface area contributed by atoms with Crippen LogP contribution < -0.4 is 5.32 Å². The first-order valence-electron chi connectivity index (χ1n) is 13.2. The molecule has 36 heavy (non-hydrogen) atoms. The molecule has 2 aromatic rings. The summed E-state index contributed by atoms with van der Waals surface area (Å²) in [5.41, 5.74) is 1.26. The first-order chi connectivity index (χ1) is 17.6. The average Bonchev–Trinajstić information content (AvgIpc) is 2.90. The lowest BCUT2D eigenvalue weighted by Gasteiger charge is -2.19. The van der Waals surface area contributed by atoms with Crippen LogP contribution in [0.2, 0.25) is 0 Å². The highest BCUT2D eigenvalue weighted by Gasteiger charge is 2.26. The second-order valence-corrected chi connectivity index (χ2v) is 9.70. The number of rotatable bonds is 5. The second-order valence-electron chi connectivity index (χ2n) is 9.70. The Morgan fingerprint density at radius 1 is 0.889 bits per heavy atom. The summed E-state index contributed by atoms with van der Waals surface area (Å²) in [5, 5.41) is 2.84. The normalized spacial score (nSPS) is 19.5. The molecule has 1 amide bonds. The zero-order valence-corrected chi connectivity index (χ0v) is 21.0. The van der Waals surface area contributed by atoms with Gasteiger partial charge in [0, 0.05) is 18.8 Å². The number of amides is 1. The maximum absolute atomic E-state index is 13.2. The highest BCUT2D eigenvalue weighted by atomic mass is 16.2. The van der Waals surface area contributed by atoms with Crippen molar-refractivity contribution in [2.45, 2.75) is 89.5 Å². The molecule has 0 fully saturated rings. The maximum atomic E-state index is 13.2. The zero-order valence-electron chi connectivity index (χ0n) is 21.0. The van der Waals surface area contributed by atoms with Gasteiger partial charge in [0.25, 0.3) is 0 Å². The van der Waals surface area contributed by atoms with E-state index in [2.05, 4.69) is 15.3 Å². The van der Waals surface area contributed by atoms with E-state index in [1.165, 1.54) is 18.8 Å². The minimum atomic E-state index is -0.663. The summed E-state index contributed by atoms with van der Waals surface area (Å²) in [4.78, 5) is 58.9. The number of Topliss-reactive ketones (excluding diaryl/α,β-unsaturated/α-hetero) is 2. The topological polar surface area (TPSA) is 106 Å². The van der Waals surface area contributed by atoms with Crippen LogP contribution in [0.4, 0.5) is 0 Å². The van der Waals surface area contributed by atoms with Crippen molar-refractivity contribution in [3.8, 4) is 0 Å². The molecule has 1 aromatic carbocycles. The zero-order chi connectivity index (χ0) is 25.6. The fourth-order valence-corrected chi connectivity index (χ4v) is 4.63. The van der Waals surface area contributed by atoms with Crippen LogP contribution in [0.5, 0.6) is 0 Å². The molecule has 3 rings (SSSR count). The summed E-state index contributed by atoms with van der Waals surface area (Å²) in [7, 11) is 0. The van der Waals surface area contributed by atoms with Crippen LogP contribution in [0, 0.1) is 5.92 Å². The molecule has 2 bridgehead atoms. The highest BCUT2D eigenvalue weighted by Crippen LogP contribution is 2.20. The van der Waals surface area contributed by atoms with Gasteiger partial charge in [-0.15, -0.1) is 0 Å². The van der Waals surface area contributed by atoms with Crippen molar-refractivity contribution < 1.29 is 19.2 Å². The Morgan fingerprint density at radius 3 is 2.17 bits per heavy atom. The Labute approximate surface area is 213 Å². The number of carbonyl (C=O) groups is 4. The van der Waals surface area contributed by atoms with E-state index in [1.54, 1.807) is 0 Å². The van der Waals surface area contributed by atoms with Gasteiger partial charge in [-0.2, -0.15) is 0 Å². The molecule has 0 saturated carbocycles. The molecule has 192 valence electrons. The van der Waals surface area contributed by atoms with Crippen LogP contribution in [0.25, 0.3) is 0 Å². The predicted octanol–water partition coefficient (Wildman–Crippen LogP) is 5.08. The van der Waals surface area contributed by atoms with Gasteiger partial charge in [-0.3, -0.25) is 19.4 Å². The fraction of sp³-hybridized carbons (Fsp3) is 0.517. The Balaban J connectivity index is 1.72. The smallest absolute Gasteiger partial charge is 0.224 e. The van der Waals surface area contributed by atoms with E-state index in [-0.39, 0.29) is 35.3 Å². The van der Waals surface area contributed by atoms with E-state index in [1.807, 2.05) is 30.3 Å². The van der Waals surface area contributed by atoms with Gasteiger partial charge in [0.1, 0.15) is 17.7 Å². The number of nitrogens with zero attached hydrogens (tertiary/aromatic N) is 2. The first kappa shape index (κ1) is 27.4. The molecule has 7 heteroatoms. The third-order valence-electron chi connectivity index (χ3n) is 6.76. The van der Waals surface area contributed by atoms with Gasteiger partial charge >= 0.3 is 0 Å². The predicted molar refractivity (Wildman–Crippen MR) is 138 cm³/mol. The Morgan fingerprint density at radius 2 is 1.50 bits per heavy atom. The molecule has 1 aromatic heterocycles. The van der Waals surface area contributed by atoms with E-state index < -0.39 is 12.0 Å². The third kappa shape index (κ3) is 9.10. The summed E-state index contributed by atoms with van der Waals surface area (Å²) < 4.78 is 0. The molecule has 0 aliphatic carbocycles. The van der Waals surface area contributed by atoms with Gasteiger partial charge in [-0.05, 0) is 24.8 Å². The van der Waals surface area contributed by atoms with Gasteiger partial charge in [-0.1, -0.05) is 81.7 Å². The van der Waals surface area contributed by atoms with Crippen LogP contribution in [0.15, 0.2) is 42.7 Å². The van der Waals surface area contributed by atoms with Crippen LogP contribution in [0.1, 0.15) is 104 Å². The van der Waals surface area contributed by atoms with Crippen molar-refractivity contribution in [2.75, 3.05) is 0 Å².